The number of fused-ring (bicyclic) bond motifs is 3. The lowest BCUT2D eigenvalue weighted by Gasteiger charge is -2.38. The summed E-state index contributed by atoms with van der Waals surface area (Å²) in [6, 6.07) is 12.9. The van der Waals surface area contributed by atoms with Gasteiger partial charge in [0.1, 0.15) is 11.5 Å². The van der Waals surface area contributed by atoms with Gasteiger partial charge < -0.3 is 13.9 Å². The molecule has 2 aliphatic heterocycles. The predicted molar refractivity (Wildman–Crippen MR) is 97.2 cm³/mol. The Kier molecular flexibility index (Phi) is 3.82. The number of ether oxygens (including phenoxy) is 2. The highest BCUT2D eigenvalue weighted by Crippen LogP contribution is 2.50. The lowest BCUT2D eigenvalue weighted by atomic mass is 9.97. The molecule has 0 saturated heterocycles. The SMILES string of the molecule is COc1cccc2c1O[C@@H](c1ccc(F)c(F)c1)N1N=C(c3ccco3)C[C@H]21. The van der Waals surface area contributed by atoms with Crippen molar-refractivity contribution in [3.05, 3.63) is 83.3 Å². The summed E-state index contributed by atoms with van der Waals surface area (Å²) >= 11 is 0. The summed E-state index contributed by atoms with van der Waals surface area (Å²) < 4.78 is 44.5. The third kappa shape index (κ3) is 2.54. The molecular weight excluding hydrogens is 366 g/mol. The van der Waals surface area contributed by atoms with Gasteiger partial charge in [0.15, 0.2) is 23.1 Å². The van der Waals surface area contributed by atoms with E-state index in [-0.39, 0.29) is 6.04 Å². The number of hydrogen-bond donors (Lipinski definition) is 0. The molecule has 5 rings (SSSR count). The van der Waals surface area contributed by atoms with E-state index in [1.165, 1.54) is 6.07 Å². The first-order valence-corrected chi connectivity index (χ1v) is 8.84. The zero-order chi connectivity index (χ0) is 19.3. The van der Waals surface area contributed by atoms with Crippen molar-refractivity contribution >= 4 is 5.71 Å². The summed E-state index contributed by atoms with van der Waals surface area (Å²) in [5.74, 6) is -0.0101. The molecule has 28 heavy (non-hydrogen) atoms. The van der Waals surface area contributed by atoms with E-state index in [0.29, 0.717) is 29.2 Å². The van der Waals surface area contributed by atoms with E-state index in [9.17, 15) is 8.78 Å². The summed E-state index contributed by atoms with van der Waals surface area (Å²) in [7, 11) is 1.57. The number of methoxy groups -OCH3 is 1. The summed E-state index contributed by atoms with van der Waals surface area (Å²) in [5.41, 5.74) is 2.15. The normalized spacial score (nSPS) is 20.2. The van der Waals surface area contributed by atoms with E-state index < -0.39 is 17.9 Å². The fraction of sp³-hybridized carbons (Fsp3) is 0.190. The van der Waals surface area contributed by atoms with Crippen molar-refractivity contribution in [3.63, 3.8) is 0 Å². The van der Waals surface area contributed by atoms with Gasteiger partial charge in [-0.05, 0) is 30.3 Å². The standard InChI is InChI=1S/C21H16F2N2O3/c1-26-19-5-2-4-13-17-11-16(18-6-3-9-27-18)24-25(17)21(28-20(13)19)12-7-8-14(22)15(23)10-12/h2-10,17,21H,11H2,1H3/t17-,21+/m1/s1. The molecule has 0 bridgehead atoms. The Hall–Kier alpha value is -3.35. The van der Waals surface area contributed by atoms with Gasteiger partial charge >= 0.3 is 0 Å². The van der Waals surface area contributed by atoms with Gasteiger partial charge in [0, 0.05) is 17.5 Å². The highest BCUT2D eigenvalue weighted by molar-refractivity contribution is 5.99. The van der Waals surface area contributed by atoms with Crippen LogP contribution in [-0.4, -0.2) is 17.8 Å². The van der Waals surface area contributed by atoms with Crippen molar-refractivity contribution in [2.45, 2.75) is 18.7 Å². The topological polar surface area (TPSA) is 47.2 Å². The number of nitrogens with zero attached hydrogens (tertiary/aromatic N) is 2. The molecule has 0 amide bonds. The third-order valence-electron chi connectivity index (χ3n) is 5.03. The lowest BCUT2D eigenvalue weighted by Crippen LogP contribution is -2.34. The molecular formula is C21H16F2N2O3. The Morgan fingerprint density at radius 1 is 1.11 bits per heavy atom. The Morgan fingerprint density at radius 2 is 2.00 bits per heavy atom. The maximum absolute atomic E-state index is 13.9. The maximum Gasteiger partial charge on any atom is 0.214 e. The fourth-order valence-electron chi connectivity index (χ4n) is 3.72. The number of rotatable bonds is 3. The average molecular weight is 382 g/mol. The number of para-hydroxylation sites is 1. The second-order valence-electron chi connectivity index (χ2n) is 6.65. The van der Waals surface area contributed by atoms with Gasteiger partial charge in [0.25, 0.3) is 0 Å². The van der Waals surface area contributed by atoms with E-state index in [4.69, 9.17) is 19.0 Å². The lowest BCUT2D eigenvalue weighted by molar-refractivity contribution is -0.0211. The monoisotopic (exact) mass is 382 g/mol. The summed E-state index contributed by atoms with van der Waals surface area (Å²) in [4.78, 5) is 0. The molecule has 0 saturated carbocycles. The minimum absolute atomic E-state index is 0.142. The van der Waals surface area contributed by atoms with Gasteiger partial charge in [-0.3, -0.25) is 0 Å². The van der Waals surface area contributed by atoms with Crippen LogP contribution < -0.4 is 9.47 Å². The summed E-state index contributed by atoms with van der Waals surface area (Å²) in [5, 5.41) is 6.46. The van der Waals surface area contributed by atoms with Crippen LogP contribution in [-0.2, 0) is 0 Å². The first-order chi connectivity index (χ1) is 13.7. The molecule has 0 spiro atoms. The van der Waals surface area contributed by atoms with Gasteiger partial charge in [-0.1, -0.05) is 18.2 Å². The smallest absolute Gasteiger partial charge is 0.214 e. The van der Waals surface area contributed by atoms with Crippen LogP contribution in [0.15, 0.2) is 64.3 Å². The molecule has 142 valence electrons. The van der Waals surface area contributed by atoms with Crippen LogP contribution in [0.1, 0.15) is 35.6 Å². The summed E-state index contributed by atoms with van der Waals surface area (Å²) in [6.45, 7) is 0. The van der Waals surface area contributed by atoms with Crippen molar-refractivity contribution in [1.82, 2.24) is 5.01 Å². The first kappa shape index (κ1) is 16.8. The minimum atomic E-state index is -0.932. The molecule has 1 aromatic heterocycles. The highest BCUT2D eigenvalue weighted by atomic mass is 19.2. The van der Waals surface area contributed by atoms with Crippen LogP contribution in [0.5, 0.6) is 11.5 Å². The van der Waals surface area contributed by atoms with Crippen LogP contribution in [0, 0.1) is 11.6 Å². The largest absolute Gasteiger partial charge is 0.493 e. The van der Waals surface area contributed by atoms with Crippen LogP contribution in [0.4, 0.5) is 8.78 Å². The zero-order valence-electron chi connectivity index (χ0n) is 14.9. The molecule has 0 unspecified atom stereocenters. The van der Waals surface area contributed by atoms with Crippen LogP contribution in [0.25, 0.3) is 0 Å². The highest BCUT2D eigenvalue weighted by Gasteiger charge is 2.42. The van der Waals surface area contributed by atoms with Gasteiger partial charge in [0.2, 0.25) is 6.23 Å². The minimum Gasteiger partial charge on any atom is -0.493 e. The average Bonchev–Trinajstić information content (AvgIpc) is 3.38. The van der Waals surface area contributed by atoms with Gasteiger partial charge in [0.05, 0.1) is 19.4 Å². The number of hydrogen-bond acceptors (Lipinski definition) is 5. The molecule has 0 radical (unpaired) electrons. The Bertz CT molecular complexity index is 1070. The molecule has 0 N–H and O–H groups in total. The van der Waals surface area contributed by atoms with Crippen LogP contribution in [0.3, 0.4) is 0 Å². The van der Waals surface area contributed by atoms with E-state index >= 15 is 0 Å². The van der Waals surface area contributed by atoms with E-state index in [1.807, 2.05) is 18.2 Å². The van der Waals surface area contributed by atoms with E-state index in [0.717, 1.165) is 23.4 Å². The predicted octanol–water partition coefficient (Wildman–Crippen LogP) is 4.81. The molecule has 3 aromatic rings. The second kappa shape index (κ2) is 6.37. The molecule has 2 aromatic carbocycles. The molecule has 2 atom stereocenters. The van der Waals surface area contributed by atoms with Crippen molar-refractivity contribution in [2.75, 3.05) is 7.11 Å². The van der Waals surface area contributed by atoms with Gasteiger partial charge in [-0.2, -0.15) is 5.10 Å². The van der Waals surface area contributed by atoms with Crippen LogP contribution in [0.2, 0.25) is 0 Å². The van der Waals surface area contributed by atoms with E-state index in [1.54, 1.807) is 30.5 Å². The number of benzene rings is 2. The number of furan rings is 1. The fourth-order valence-corrected chi connectivity index (χ4v) is 3.72. The molecule has 3 heterocycles. The third-order valence-corrected chi connectivity index (χ3v) is 5.03. The maximum atomic E-state index is 13.9. The Morgan fingerprint density at radius 3 is 2.75 bits per heavy atom. The van der Waals surface area contributed by atoms with Crippen molar-refractivity contribution < 1.29 is 22.7 Å². The zero-order valence-corrected chi connectivity index (χ0v) is 14.9. The molecule has 0 aliphatic carbocycles. The summed E-state index contributed by atoms with van der Waals surface area (Å²) in [6.07, 6.45) is 1.46. The molecule has 2 aliphatic rings. The van der Waals surface area contributed by atoms with Crippen molar-refractivity contribution in [1.29, 1.82) is 0 Å². The number of hydrazone groups is 1. The van der Waals surface area contributed by atoms with Gasteiger partial charge in [-0.25, -0.2) is 13.8 Å². The van der Waals surface area contributed by atoms with Crippen LogP contribution >= 0.6 is 0 Å². The Labute approximate surface area is 159 Å². The van der Waals surface area contributed by atoms with E-state index in [2.05, 4.69) is 0 Å². The molecule has 0 fully saturated rings. The van der Waals surface area contributed by atoms with Gasteiger partial charge in [-0.15, -0.1) is 0 Å². The number of halogens is 2. The van der Waals surface area contributed by atoms with Crippen molar-refractivity contribution in [3.8, 4) is 11.5 Å². The quantitative estimate of drug-likeness (QED) is 0.652. The van der Waals surface area contributed by atoms with Crippen molar-refractivity contribution in [2.24, 2.45) is 5.10 Å². The Balaban J connectivity index is 1.64. The molecule has 5 nitrogen and oxygen atoms in total. The molecule has 7 heteroatoms. The first-order valence-electron chi connectivity index (χ1n) is 8.84. The second-order valence-corrected chi connectivity index (χ2v) is 6.65.